The van der Waals surface area contributed by atoms with E-state index in [4.69, 9.17) is 15.4 Å². The average molecular weight is 265 g/mol. The van der Waals surface area contributed by atoms with Crippen molar-refractivity contribution in [3.63, 3.8) is 0 Å². The van der Waals surface area contributed by atoms with Crippen molar-refractivity contribution in [2.45, 2.75) is 19.6 Å². The van der Waals surface area contributed by atoms with E-state index in [0.717, 1.165) is 0 Å². The third-order valence-corrected chi connectivity index (χ3v) is 3.27. The van der Waals surface area contributed by atoms with Gasteiger partial charge >= 0.3 is 0 Å². The molecule has 4 nitrogen and oxygen atoms in total. The first-order valence-corrected chi connectivity index (χ1v) is 7.02. The fourth-order valence-electron chi connectivity index (χ4n) is 1.62. The monoisotopic (exact) mass is 264 g/mol. The van der Waals surface area contributed by atoms with E-state index >= 15 is 0 Å². The average Bonchev–Trinajstić information content (AvgIpc) is 2.12. The van der Waals surface area contributed by atoms with Gasteiger partial charge in [0, 0.05) is 21.8 Å². The van der Waals surface area contributed by atoms with Crippen LogP contribution in [-0.4, -0.2) is 20.6 Å². The summed E-state index contributed by atoms with van der Waals surface area (Å²) in [5.41, 5.74) is 1.55. The number of aromatic hydroxyl groups is 1. The van der Waals surface area contributed by atoms with Crippen LogP contribution < -0.4 is 4.74 Å². The molecule has 1 N–H and O–H groups in total. The summed E-state index contributed by atoms with van der Waals surface area (Å²) in [7, 11) is 2.97. The number of aryl methyl sites for hydroxylation is 1. The summed E-state index contributed by atoms with van der Waals surface area (Å²) in [6.45, 7) is 3.34. The number of hydrogen-bond donors (Lipinski definition) is 1. The molecule has 0 spiro atoms. The first-order valence-electron chi connectivity index (χ1n) is 4.54. The molecule has 0 aromatic heterocycles. The summed E-state index contributed by atoms with van der Waals surface area (Å²) in [6, 6.07) is 1.56. The van der Waals surface area contributed by atoms with Gasteiger partial charge in [-0.2, -0.15) is 0 Å². The van der Waals surface area contributed by atoms with Gasteiger partial charge in [-0.05, 0) is 25.5 Å². The van der Waals surface area contributed by atoms with Crippen LogP contribution in [0.1, 0.15) is 16.7 Å². The van der Waals surface area contributed by atoms with E-state index in [2.05, 4.69) is 0 Å². The van der Waals surface area contributed by atoms with Crippen LogP contribution in [0.5, 0.6) is 11.5 Å². The Morgan fingerprint density at radius 1 is 1.44 bits per heavy atom. The van der Waals surface area contributed by atoms with Gasteiger partial charge in [0.25, 0.3) is 0 Å². The summed E-state index contributed by atoms with van der Waals surface area (Å²) in [5, 5.41) is 9.68. The van der Waals surface area contributed by atoms with Crippen molar-refractivity contribution in [3.8, 4) is 11.5 Å². The second-order valence-electron chi connectivity index (χ2n) is 3.54. The SMILES string of the molecule is COc1c(CS(=O)(=O)Cl)cc(C)c(O)c1C. The standard InChI is InChI=1S/C10H13ClO4S/c1-6-4-8(5-16(11,13)14)10(15-3)7(2)9(6)12/h4,12H,5H2,1-3H3. The van der Waals surface area contributed by atoms with Crippen molar-refractivity contribution < 1.29 is 18.3 Å². The lowest BCUT2D eigenvalue weighted by atomic mass is 10.0. The quantitative estimate of drug-likeness (QED) is 0.849. The maximum Gasteiger partial charge on any atom is 0.236 e. The Hall–Kier alpha value is -0.940. The third kappa shape index (κ3) is 2.80. The normalized spacial score (nSPS) is 11.5. The summed E-state index contributed by atoms with van der Waals surface area (Å²) in [5.74, 6) is 0.138. The topological polar surface area (TPSA) is 63.6 Å². The molecule has 0 bridgehead atoms. The van der Waals surface area contributed by atoms with Gasteiger partial charge in [-0.3, -0.25) is 0 Å². The number of methoxy groups -OCH3 is 1. The second-order valence-corrected chi connectivity index (χ2v) is 6.32. The minimum Gasteiger partial charge on any atom is -0.507 e. The lowest BCUT2D eigenvalue weighted by molar-refractivity contribution is 0.398. The first kappa shape index (κ1) is 13.1. The van der Waals surface area contributed by atoms with Crippen LogP contribution in [0.25, 0.3) is 0 Å². The fraction of sp³-hybridized carbons (Fsp3) is 0.400. The van der Waals surface area contributed by atoms with Gasteiger partial charge in [-0.25, -0.2) is 8.42 Å². The molecule has 1 aromatic rings. The van der Waals surface area contributed by atoms with Crippen LogP contribution in [0.3, 0.4) is 0 Å². The molecular weight excluding hydrogens is 252 g/mol. The Labute approximate surface area is 99.2 Å². The largest absolute Gasteiger partial charge is 0.507 e. The summed E-state index contributed by atoms with van der Waals surface area (Å²) in [4.78, 5) is 0. The smallest absolute Gasteiger partial charge is 0.236 e. The van der Waals surface area contributed by atoms with Gasteiger partial charge in [0.15, 0.2) is 0 Å². The Bertz CT molecular complexity index is 508. The van der Waals surface area contributed by atoms with Crippen LogP contribution in [0.4, 0.5) is 0 Å². The van der Waals surface area contributed by atoms with E-state index in [1.807, 2.05) is 0 Å². The number of benzene rings is 1. The van der Waals surface area contributed by atoms with Gasteiger partial charge in [0.2, 0.25) is 9.05 Å². The number of halogens is 1. The molecule has 0 unspecified atom stereocenters. The molecule has 0 heterocycles. The lowest BCUT2D eigenvalue weighted by Crippen LogP contribution is -2.01. The molecule has 0 fully saturated rings. The van der Waals surface area contributed by atoms with Crippen molar-refractivity contribution >= 4 is 19.7 Å². The number of phenolic OH excluding ortho intramolecular Hbond substituents is 1. The molecule has 0 amide bonds. The molecule has 6 heteroatoms. The van der Waals surface area contributed by atoms with Crippen LogP contribution in [0.2, 0.25) is 0 Å². The number of ether oxygens (including phenoxy) is 1. The van der Waals surface area contributed by atoms with E-state index < -0.39 is 9.05 Å². The zero-order valence-corrected chi connectivity index (χ0v) is 10.8. The Morgan fingerprint density at radius 2 is 2.00 bits per heavy atom. The van der Waals surface area contributed by atoms with Crippen molar-refractivity contribution in [1.82, 2.24) is 0 Å². The van der Waals surface area contributed by atoms with Gasteiger partial charge in [0.1, 0.15) is 11.5 Å². The Balaban J connectivity index is 3.39. The van der Waals surface area contributed by atoms with Crippen molar-refractivity contribution in [1.29, 1.82) is 0 Å². The van der Waals surface area contributed by atoms with E-state index in [-0.39, 0.29) is 11.5 Å². The molecular formula is C10H13ClO4S. The molecule has 0 aliphatic rings. The number of phenols is 1. The number of hydrogen-bond acceptors (Lipinski definition) is 4. The molecule has 0 saturated heterocycles. The summed E-state index contributed by atoms with van der Waals surface area (Å²) in [6.07, 6.45) is 0. The molecule has 0 saturated carbocycles. The minimum absolute atomic E-state index is 0.104. The fourth-order valence-corrected chi connectivity index (χ4v) is 2.56. The van der Waals surface area contributed by atoms with E-state index in [9.17, 15) is 13.5 Å². The van der Waals surface area contributed by atoms with E-state index in [1.165, 1.54) is 7.11 Å². The van der Waals surface area contributed by atoms with E-state index in [1.54, 1.807) is 19.9 Å². The van der Waals surface area contributed by atoms with Crippen molar-refractivity contribution in [2.24, 2.45) is 0 Å². The molecule has 0 aliphatic heterocycles. The maximum absolute atomic E-state index is 11.0. The maximum atomic E-state index is 11.0. The molecule has 0 aliphatic carbocycles. The number of rotatable bonds is 3. The summed E-state index contributed by atoms with van der Waals surface area (Å²) < 4.78 is 27.1. The minimum atomic E-state index is -3.65. The van der Waals surface area contributed by atoms with Crippen LogP contribution in [0, 0.1) is 13.8 Å². The predicted octanol–water partition coefficient (Wildman–Crippen LogP) is 2.09. The van der Waals surface area contributed by atoms with Crippen LogP contribution in [0.15, 0.2) is 6.07 Å². The highest BCUT2D eigenvalue weighted by Gasteiger charge is 2.17. The highest BCUT2D eigenvalue weighted by molar-refractivity contribution is 8.13. The highest BCUT2D eigenvalue weighted by atomic mass is 35.7. The molecule has 1 rings (SSSR count). The summed E-state index contributed by atoms with van der Waals surface area (Å²) >= 11 is 0. The van der Waals surface area contributed by atoms with Gasteiger partial charge < -0.3 is 9.84 Å². The third-order valence-electron chi connectivity index (χ3n) is 2.28. The molecule has 16 heavy (non-hydrogen) atoms. The molecule has 90 valence electrons. The highest BCUT2D eigenvalue weighted by Crippen LogP contribution is 2.35. The first-order chi connectivity index (χ1) is 7.26. The molecule has 0 radical (unpaired) electrons. The van der Waals surface area contributed by atoms with Gasteiger partial charge in [-0.1, -0.05) is 0 Å². The predicted molar refractivity (Wildman–Crippen MR) is 62.6 cm³/mol. The van der Waals surface area contributed by atoms with E-state index in [0.29, 0.717) is 22.4 Å². The van der Waals surface area contributed by atoms with Crippen molar-refractivity contribution in [2.75, 3.05) is 7.11 Å². The zero-order valence-electron chi connectivity index (χ0n) is 9.24. The van der Waals surface area contributed by atoms with Gasteiger partial charge in [-0.15, -0.1) is 0 Å². The Morgan fingerprint density at radius 3 is 2.44 bits per heavy atom. The lowest BCUT2D eigenvalue weighted by Gasteiger charge is -2.13. The molecule has 1 aromatic carbocycles. The second kappa shape index (κ2) is 4.51. The molecule has 0 atom stereocenters. The zero-order chi connectivity index (χ0) is 12.5. The van der Waals surface area contributed by atoms with Gasteiger partial charge in [0.05, 0.1) is 12.9 Å². The Kier molecular flexibility index (Phi) is 3.70. The van der Waals surface area contributed by atoms with Crippen molar-refractivity contribution in [3.05, 3.63) is 22.8 Å². The van der Waals surface area contributed by atoms with Crippen LogP contribution in [-0.2, 0) is 14.8 Å². The van der Waals surface area contributed by atoms with Crippen LogP contribution >= 0.6 is 10.7 Å².